The maximum atomic E-state index is 11.5. The highest BCUT2D eigenvalue weighted by Gasteiger charge is 2.12. The Balaban J connectivity index is 3.84. The van der Waals surface area contributed by atoms with Crippen molar-refractivity contribution in [2.24, 2.45) is 5.92 Å². The van der Waals surface area contributed by atoms with E-state index in [1.165, 1.54) is 0 Å². The van der Waals surface area contributed by atoms with Crippen molar-refractivity contribution in [3.8, 4) is 0 Å². The van der Waals surface area contributed by atoms with Crippen LogP contribution in [0.1, 0.15) is 27.2 Å². The zero-order chi connectivity index (χ0) is 11.8. The molecule has 15 heavy (non-hydrogen) atoms. The second-order valence-electron chi connectivity index (χ2n) is 4.30. The number of amides is 1. The summed E-state index contributed by atoms with van der Waals surface area (Å²) >= 11 is 0. The van der Waals surface area contributed by atoms with E-state index in [1.54, 1.807) is 11.9 Å². The fourth-order valence-electron chi connectivity index (χ4n) is 1.33. The zero-order valence-electron chi connectivity index (χ0n) is 10.3. The number of carbonyl (C=O) groups excluding carboxylic acids is 1. The molecule has 90 valence electrons. The van der Waals surface area contributed by atoms with E-state index in [0.717, 1.165) is 6.42 Å². The van der Waals surface area contributed by atoms with Crippen molar-refractivity contribution in [3.63, 3.8) is 0 Å². The number of nitrogens with one attached hydrogen (secondary N) is 1. The molecular weight excluding hydrogens is 192 g/mol. The van der Waals surface area contributed by atoms with Crippen molar-refractivity contribution in [2.45, 2.75) is 33.2 Å². The largest absolute Gasteiger partial charge is 0.395 e. The van der Waals surface area contributed by atoms with Crippen molar-refractivity contribution < 1.29 is 9.90 Å². The predicted molar refractivity (Wildman–Crippen MR) is 61.6 cm³/mol. The Kier molecular flexibility index (Phi) is 7.34. The molecule has 4 nitrogen and oxygen atoms in total. The first-order valence-corrected chi connectivity index (χ1v) is 5.59. The van der Waals surface area contributed by atoms with Crippen LogP contribution in [0.2, 0.25) is 0 Å². The van der Waals surface area contributed by atoms with Gasteiger partial charge in [0.05, 0.1) is 13.2 Å². The van der Waals surface area contributed by atoms with Crippen LogP contribution in [-0.4, -0.2) is 48.7 Å². The van der Waals surface area contributed by atoms with Gasteiger partial charge in [0.15, 0.2) is 0 Å². The van der Waals surface area contributed by atoms with Crippen LogP contribution in [0, 0.1) is 5.92 Å². The molecule has 1 unspecified atom stereocenters. The highest BCUT2D eigenvalue weighted by Crippen LogP contribution is 2.03. The number of likely N-dealkylation sites (N-methyl/N-ethyl adjacent to an activating group) is 1. The summed E-state index contributed by atoms with van der Waals surface area (Å²) in [7, 11) is 1.78. The fourth-order valence-corrected chi connectivity index (χ4v) is 1.33. The lowest BCUT2D eigenvalue weighted by Crippen LogP contribution is -2.42. The summed E-state index contributed by atoms with van der Waals surface area (Å²) in [5.74, 6) is 0.591. The van der Waals surface area contributed by atoms with E-state index in [0.29, 0.717) is 19.0 Å². The average Bonchev–Trinajstić information content (AvgIpc) is 2.21. The molecule has 0 aromatic rings. The maximum absolute atomic E-state index is 11.5. The van der Waals surface area contributed by atoms with Gasteiger partial charge in [0.2, 0.25) is 5.91 Å². The molecule has 4 heteroatoms. The number of aliphatic hydroxyl groups is 1. The molecule has 0 saturated carbocycles. The average molecular weight is 216 g/mol. The van der Waals surface area contributed by atoms with Crippen LogP contribution in [0.25, 0.3) is 0 Å². The minimum atomic E-state index is 0.0270. The summed E-state index contributed by atoms with van der Waals surface area (Å²) < 4.78 is 0. The number of carbonyl (C=O) groups is 1. The van der Waals surface area contributed by atoms with Gasteiger partial charge in [-0.1, -0.05) is 13.8 Å². The monoisotopic (exact) mass is 216 g/mol. The van der Waals surface area contributed by atoms with Crippen LogP contribution in [0.5, 0.6) is 0 Å². The van der Waals surface area contributed by atoms with E-state index < -0.39 is 0 Å². The van der Waals surface area contributed by atoms with E-state index in [-0.39, 0.29) is 18.6 Å². The van der Waals surface area contributed by atoms with E-state index in [1.807, 2.05) is 6.92 Å². The maximum Gasteiger partial charge on any atom is 0.236 e. The summed E-state index contributed by atoms with van der Waals surface area (Å²) in [6.45, 7) is 7.25. The minimum Gasteiger partial charge on any atom is -0.395 e. The molecular formula is C11H24N2O2. The highest BCUT2D eigenvalue weighted by molar-refractivity contribution is 5.77. The molecule has 0 radical (unpaired) electrons. The zero-order valence-corrected chi connectivity index (χ0v) is 10.3. The number of hydrogen-bond donors (Lipinski definition) is 2. The molecule has 0 aliphatic carbocycles. The molecule has 0 saturated heterocycles. The Hall–Kier alpha value is -0.610. The van der Waals surface area contributed by atoms with Gasteiger partial charge in [0.25, 0.3) is 0 Å². The number of rotatable bonds is 7. The van der Waals surface area contributed by atoms with Gasteiger partial charge in [0.1, 0.15) is 0 Å². The topological polar surface area (TPSA) is 52.6 Å². The molecule has 0 aromatic carbocycles. The number of hydrogen-bond acceptors (Lipinski definition) is 3. The van der Waals surface area contributed by atoms with Gasteiger partial charge in [-0.15, -0.1) is 0 Å². The second-order valence-corrected chi connectivity index (χ2v) is 4.30. The van der Waals surface area contributed by atoms with Gasteiger partial charge >= 0.3 is 0 Å². The molecule has 0 aromatic heterocycles. The summed E-state index contributed by atoms with van der Waals surface area (Å²) in [6.07, 6.45) is 0.889. The van der Waals surface area contributed by atoms with Crippen LogP contribution < -0.4 is 5.32 Å². The molecule has 1 atom stereocenters. The first kappa shape index (κ1) is 14.4. The van der Waals surface area contributed by atoms with E-state index in [4.69, 9.17) is 5.11 Å². The SMILES string of the molecule is CCN(C)C(=O)CNC(CO)CC(C)C. The molecule has 2 N–H and O–H groups in total. The Morgan fingerprint density at radius 1 is 1.47 bits per heavy atom. The van der Waals surface area contributed by atoms with Crippen LogP contribution in [0.15, 0.2) is 0 Å². The third kappa shape index (κ3) is 6.47. The second kappa shape index (κ2) is 7.65. The van der Waals surface area contributed by atoms with Crippen molar-refractivity contribution in [1.29, 1.82) is 0 Å². The predicted octanol–water partition coefficient (Wildman–Crippen LogP) is 0.461. The standard InChI is InChI=1S/C11H24N2O2/c1-5-13(4)11(15)7-12-10(8-14)6-9(2)3/h9-10,12,14H,5-8H2,1-4H3. The molecule has 0 bridgehead atoms. The summed E-state index contributed by atoms with van der Waals surface area (Å²) in [6, 6.07) is 0.0270. The number of aliphatic hydroxyl groups excluding tert-OH is 1. The van der Waals surface area contributed by atoms with Crippen molar-refractivity contribution in [1.82, 2.24) is 10.2 Å². The Morgan fingerprint density at radius 3 is 2.47 bits per heavy atom. The van der Waals surface area contributed by atoms with Gasteiger partial charge in [-0.2, -0.15) is 0 Å². The summed E-state index contributed by atoms with van der Waals surface area (Å²) in [5, 5.41) is 12.2. The quantitative estimate of drug-likeness (QED) is 0.650. The first-order valence-electron chi connectivity index (χ1n) is 5.59. The first-order chi connectivity index (χ1) is 7.01. The van der Waals surface area contributed by atoms with Crippen LogP contribution in [-0.2, 0) is 4.79 Å². The van der Waals surface area contributed by atoms with Gasteiger partial charge in [-0.05, 0) is 19.3 Å². The smallest absolute Gasteiger partial charge is 0.236 e. The lowest BCUT2D eigenvalue weighted by Gasteiger charge is -2.20. The normalized spacial score (nSPS) is 12.9. The lowest BCUT2D eigenvalue weighted by atomic mass is 10.0. The Labute approximate surface area is 92.7 Å². The van der Waals surface area contributed by atoms with Crippen molar-refractivity contribution in [3.05, 3.63) is 0 Å². The highest BCUT2D eigenvalue weighted by atomic mass is 16.3. The van der Waals surface area contributed by atoms with Crippen LogP contribution in [0.4, 0.5) is 0 Å². The molecule has 1 amide bonds. The molecule has 0 heterocycles. The van der Waals surface area contributed by atoms with E-state index >= 15 is 0 Å². The third-order valence-corrected chi connectivity index (χ3v) is 2.42. The summed E-state index contributed by atoms with van der Waals surface area (Å²) in [4.78, 5) is 13.1. The van der Waals surface area contributed by atoms with E-state index in [9.17, 15) is 4.79 Å². The van der Waals surface area contributed by atoms with Crippen LogP contribution in [0.3, 0.4) is 0 Å². The van der Waals surface area contributed by atoms with Gasteiger partial charge in [-0.25, -0.2) is 0 Å². The Bertz CT molecular complexity index is 183. The van der Waals surface area contributed by atoms with Gasteiger partial charge < -0.3 is 15.3 Å². The van der Waals surface area contributed by atoms with Gasteiger partial charge in [0, 0.05) is 19.6 Å². The van der Waals surface area contributed by atoms with Crippen molar-refractivity contribution >= 4 is 5.91 Å². The third-order valence-electron chi connectivity index (χ3n) is 2.42. The van der Waals surface area contributed by atoms with E-state index in [2.05, 4.69) is 19.2 Å². The Morgan fingerprint density at radius 2 is 2.07 bits per heavy atom. The van der Waals surface area contributed by atoms with Gasteiger partial charge in [-0.3, -0.25) is 4.79 Å². The fraction of sp³-hybridized carbons (Fsp3) is 0.909. The summed E-state index contributed by atoms with van der Waals surface area (Å²) in [5.41, 5.74) is 0. The number of nitrogens with zero attached hydrogens (tertiary/aromatic N) is 1. The lowest BCUT2D eigenvalue weighted by molar-refractivity contribution is -0.128. The molecule has 0 fully saturated rings. The minimum absolute atomic E-state index is 0.0270. The molecule has 0 rings (SSSR count). The molecule has 0 spiro atoms. The van der Waals surface area contributed by atoms with Crippen molar-refractivity contribution in [2.75, 3.05) is 26.7 Å². The van der Waals surface area contributed by atoms with Crippen LogP contribution >= 0.6 is 0 Å². The molecule has 0 aliphatic heterocycles. The molecule has 0 aliphatic rings.